The highest BCUT2D eigenvalue weighted by molar-refractivity contribution is 7.99. The third-order valence-corrected chi connectivity index (χ3v) is 8.43. The molecule has 0 amide bonds. The highest BCUT2D eigenvalue weighted by Gasteiger charge is 2.35. The van der Waals surface area contributed by atoms with Gasteiger partial charge in [0.1, 0.15) is 5.76 Å². The van der Waals surface area contributed by atoms with Crippen molar-refractivity contribution in [2.24, 2.45) is 4.99 Å². The van der Waals surface area contributed by atoms with Crippen LogP contribution in [-0.2, 0) is 9.53 Å². The maximum atomic E-state index is 14.0. The predicted octanol–water partition coefficient (Wildman–Crippen LogP) is 5.43. The molecule has 0 radical (unpaired) electrons. The fourth-order valence-corrected chi connectivity index (χ4v) is 6.43. The van der Waals surface area contributed by atoms with Crippen LogP contribution in [0, 0.1) is 6.92 Å². The molecule has 0 fully saturated rings. The van der Waals surface area contributed by atoms with Crippen molar-refractivity contribution in [3.63, 3.8) is 0 Å². The Labute approximate surface area is 253 Å². The van der Waals surface area contributed by atoms with E-state index in [1.54, 1.807) is 49.5 Å². The fourth-order valence-electron chi connectivity index (χ4n) is 4.56. The second-order valence-electron chi connectivity index (χ2n) is 9.22. The number of nitrogens with zero attached hydrogens (tertiary/aromatic N) is 4. The first kappa shape index (κ1) is 27.9. The molecule has 8 nitrogen and oxygen atoms in total. The summed E-state index contributed by atoms with van der Waals surface area (Å²) >= 11 is 8.71. The van der Waals surface area contributed by atoms with Gasteiger partial charge in [-0.25, -0.2) is 19.8 Å². The van der Waals surface area contributed by atoms with Crippen LogP contribution >= 0.6 is 34.7 Å². The Morgan fingerprint density at radius 2 is 1.90 bits per heavy atom. The maximum absolute atomic E-state index is 14.0. The van der Waals surface area contributed by atoms with Crippen LogP contribution in [0.25, 0.3) is 11.8 Å². The number of furan rings is 1. The predicted molar refractivity (Wildman–Crippen MR) is 162 cm³/mol. The summed E-state index contributed by atoms with van der Waals surface area (Å²) in [5.41, 5.74) is 2.72. The van der Waals surface area contributed by atoms with Gasteiger partial charge < -0.3 is 9.15 Å². The number of esters is 1. The molecular formula is C31H23ClN4O4S2. The normalized spacial score (nSPS) is 14.9. The minimum Gasteiger partial charge on any atom is -0.463 e. The van der Waals surface area contributed by atoms with Crippen molar-refractivity contribution in [2.45, 2.75) is 30.1 Å². The SMILES string of the molecule is CCOC(=O)C1=C(c2ccccc2)N=c2s/c(=C/c3ccc(Sc4nccc(C)n4)o3)c(=O)n2[C@@H]1c1ccc(Cl)cc1. The summed E-state index contributed by atoms with van der Waals surface area (Å²) in [7, 11) is 0. The zero-order chi connectivity index (χ0) is 29.2. The van der Waals surface area contributed by atoms with Crippen molar-refractivity contribution in [1.82, 2.24) is 14.5 Å². The summed E-state index contributed by atoms with van der Waals surface area (Å²) in [5.74, 6) is -0.0493. The number of ether oxygens (including phenoxy) is 1. The molecule has 5 aromatic rings. The van der Waals surface area contributed by atoms with Gasteiger partial charge in [-0.1, -0.05) is 65.4 Å². The average molecular weight is 615 g/mol. The molecule has 3 aromatic heterocycles. The molecule has 0 unspecified atom stereocenters. The second kappa shape index (κ2) is 11.9. The number of aromatic nitrogens is 3. The first-order chi connectivity index (χ1) is 20.4. The molecule has 4 heterocycles. The van der Waals surface area contributed by atoms with Gasteiger partial charge in [-0.2, -0.15) is 0 Å². The zero-order valence-electron chi connectivity index (χ0n) is 22.5. The van der Waals surface area contributed by atoms with E-state index < -0.39 is 12.0 Å². The summed E-state index contributed by atoms with van der Waals surface area (Å²) < 4.78 is 13.4. The molecule has 1 aliphatic heterocycles. The molecule has 6 rings (SSSR count). The van der Waals surface area contributed by atoms with Crippen LogP contribution < -0.4 is 14.9 Å². The van der Waals surface area contributed by atoms with Crippen LogP contribution in [-0.4, -0.2) is 27.1 Å². The van der Waals surface area contributed by atoms with Crippen LogP contribution in [0.5, 0.6) is 0 Å². The van der Waals surface area contributed by atoms with Crippen molar-refractivity contribution in [1.29, 1.82) is 0 Å². The fraction of sp³-hybridized carbons (Fsp3) is 0.129. The van der Waals surface area contributed by atoms with Gasteiger partial charge in [-0.05, 0) is 61.5 Å². The lowest BCUT2D eigenvalue weighted by molar-refractivity contribution is -0.138. The van der Waals surface area contributed by atoms with Crippen LogP contribution in [0.15, 0.2) is 109 Å². The molecule has 0 saturated carbocycles. The molecule has 2 aromatic carbocycles. The van der Waals surface area contributed by atoms with E-state index in [-0.39, 0.29) is 17.7 Å². The maximum Gasteiger partial charge on any atom is 0.338 e. The lowest BCUT2D eigenvalue weighted by Gasteiger charge is -2.25. The van der Waals surface area contributed by atoms with Crippen LogP contribution in [0.2, 0.25) is 5.02 Å². The lowest BCUT2D eigenvalue weighted by atomic mass is 9.93. The number of aryl methyl sites for hydroxylation is 1. The molecular weight excluding hydrogens is 592 g/mol. The molecule has 210 valence electrons. The number of fused-ring (bicyclic) bond motifs is 1. The van der Waals surface area contributed by atoms with E-state index in [0.717, 1.165) is 11.3 Å². The van der Waals surface area contributed by atoms with Crippen molar-refractivity contribution in [3.05, 3.63) is 132 Å². The number of rotatable bonds is 7. The van der Waals surface area contributed by atoms with E-state index in [2.05, 4.69) is 9.97 Å². The number of hydrogen-bond donors (Lipinski definition) is 0. The first-order valence-corrected chi connectivity index (χ1v) is 15.0. The molecule has 11 heteroatoms. The number of carbonyl (C=O) groups excluding carboxylic acids is 1. The average Bonchev–Trinajstić information content (AvgIpc) is 3.56. The number of hydrogen-bond acceptors (Lipinski definition) is 9. The van der Waals surface area contributed by atoms with Gasteiger partial charge in [-0.3, -0.25) is 9.36 Å². The zero-order valence-corrected chi connectivity index (χ0v) is 24.9. The Morgan fingerprint density at radius 3 is 2.64 bits per heavy atom. The molecule has 0 saturated heterocycles. The highest BCUT2D eigenvalue weighted by atomic mass is 35.5. The Kier molecular flexibility index (Phi) is 7.92. The molecule has 1 atom stereocenters. The Morgan fingerprint density at radius 1 is 1.12 bits per heavy atom. The quantitative estimate of drug-likeness (QED) is 0.178. The van der Waals surface area contributed by atoms with E-state index >= 15 is 0 Å². The van der Waals surface area contributed by atoms with Gasteiger partial charge >= 0.3 is 5.97 Å². The molecule has 0 N–H and O–H groups in total. The van der Waals surface area contributed by atoms with E-state index in [1.807, 2.05) is 49.4 Å². The third-order valence-electron chi connectivity index (χ3n) is 6.40. The van der Waals surface area contributed by atoms with Gasteiger partial charge in [0.25, 0.3) is 5.56 Å². The van der Waals surface area contributed by atoms with Gasteiger partial charge in [0.05, 0.1) is 28.5 Å². The largest absolute Gasteiger partial charge is 0.463 e. The topological polar surface area (TPSA) is 99.6 Å². The van der Waals surface area contributed by atoms with Crippen LogP contribution in [0.4, 0.5) is 0 Å². The Balaban J connectivity index is 1.51. The minimum atomic E-state index is -0.781. The Hall–Kier alpha value is -4.25. The Bertz CT molecular complexity index is 2000. The summed E-state index contributed by atoms with van der Waals surface area (Å²) in [6, 6.07) is 21.1. The summed E-state index contributed by atoms with van der Waals surface area (Å²) in [4.78, 5) is 41.5. The van der Waals surface area contributed by atoms with E-state index in [9.17, 15) is 9.59 Å². The van der Waals surface area contributed by atoms with Crippen molar-refractivity contribution in [3.8, 4) is 0 Å². The van der Waals surface area contributed by atoms with Crippen molar-refractivity contribution < 1.29 is 13.9 Å². The number of benzene rings is 2. The number of carbonyl (C=O) groups is 1. The van der Waals surface area contributed by atoms with E-state index in [1.165, 1.54) is 27.7 Å². The lowest BCUT2D eigenvalue weighted by Crippen LogP contribution is -2.39. The molecule has 0 aliphatic carbocycles. The van der Waals surface area contributed by atoms with Crippen LogP contribution in [0.3, 0.4) is 0 Å². The standard InChI is InChI=1S/C31H23ClN4O4S2/c1-3-39-29(38)25-26(19-7-5-4-6-8-19)35-31-36(27(25)20-9-11-21(32)12-10-20)28(37)23(41-31)17-22-13-14-24(40-22)42-30-33-16-15-18(2)34-30/h4-17,27H,3H2,1-2H3/b23-17+/t27-/m1/s1. The molecule has 1 aliphatic rings. The van der Waals surface area contributed by atoms with Gasteiger partial charge in [-0.15, -0.1) is 0 Å². The molecule has 0 bridgehead atoms. The molecule has 0 spiro atoms. The number of thiazole rings is 1. The summed E-state index contributed by atoms with van der Waals surface area (Å²) in [5, 5.41) is 1.70. The smallest absolute Gasteiger partial charge is 0.338 e. The summed E-state index contributed by atoms with van der Waals surface area (Å²) in [6.45, 7) is 3.82. The second-order valence-corrected chi connectivity index (χ2v) is 11.6. The van der Waals surface area contributed by atoms with Crippen LogP contribution in [0.1, 0.15) is 35.5 Å². The third kappa shape index (κ3) is 5.61. The van der Waals surface area contributed by atoms with Gasteiger partial charge in [0.2, 0.25) is 0 Å². The highest BCUT2D eigenvalue weighted by Crippen LogP contribution is 2.35. The monoisotopic (exact) mass is 614 g/mol. The minimum absolute atomic E-state index is 0.175. The van der Waals surface area contributed by atoms with Gasteiger partial charge in [0.15, 0.2) is 15.1 Å². The van der Waals surface area contributed by atoms with Crippen molar-refractivity contribution >= 4 is 52.4 Å². The van der Waals surface area contributed by atoms with Crippen molar-refractivity contribution in [2.75, 3.05) is 6.61 Å². The summed E-state index contributed by atoms with van der Waals surface area (Å²) in [6.07, 6.45) is 3.38. The number of halogens is 1. The van der Waals surface area contributed by atoms with E-state index in [4.69, 9.17) is 25.7 Å². The first-order valence-electron chi connectivity index (χ1n) is 13.0. The van der Waals surface area contributed by atoms with E-state index in [0.29, 0.717) is 41.6 Å². The van der Waals surface area contributed by atoms with Gasteiger partial charge in [0, 0.05) is 28.6 Å². The molecule has 42 heavy (non-hydrogen) atoms.